The number of hydrogen-bond donors (Lipinski definition) is 0. The quantitative estimate of drug-likeness (QED) is 0.356. The average molecular weight is 577 g/mol. The molecule has 0 saturated heterocycles. The van der Waals surface area contributed by atoms with Crippen molar-refractivity contribution in [2.24, 2.45) is 0 Å². The second-order valence-corrected chi connectivity index (χ2v) is 15.7. The first-order chi connectivity index (χ1) is 13.3. The Labute approximate surface area is 205 Å². The van der Waals surface area contributed by atoms with Gasteiger partial charge in [0.15, 0.2) is 0 Å². The van der Waals surface area contributed by atoms with Crippen LogP contribution in [-0.2, 0) is 26.1 Å². The minimum Gasteiger partial charge on any atom is -1.00 e. The molecule has 1 spiro atoms. The first kappa shape index (κ1) is 21.7. The van der Waals surface area contributed by atoms with Gasteiger partial charge >= 0.3 is 182 Å². The van der Waals surface area contributed by atoms with Gasteiger partial charge in [0.25, 0.3) is 0 Å². The van der Waals surface area contributed by atoms with E-state index in [1.165, 1.54) is 20.9 Å². The Bertz CT molecular complexity index is 1140. The molecule has 142 valence electrons. The van der Waals surface area contributed by atoms with Crippen LogP contribution in [-0.4, -0.2) is 0 Å². The molecule has 0 fully saturated rings. The Morgan fingerprint density at radius 1 is 0.862 bits per heavy atom. The van der Waals surface area contributed by atoms with Gasteiger partial charge in [-0.1, -0.05) is 0 Å². The summed E-state index contributed by atoms with van der Waals surface area (Å²) in [7, 11) is -0.476. The summed E-state index contributed by atoms with van der Waals surface area (Å²) in [4.78, 5) is 0. The molecule has 6 rings (SSSR count). The van der Waals surface area contributed by atoms with E-state index in [4.69, 9.17) is 0 Å². The van der Waals surface area contributed by atoms with Crippen LogP contribution in [0.25, 0.3) is 12.2 Å². The van der Waals surface area contributed by atoms with Crippen molar-refractivity contribution in [3.05, 3.63) is 106 Å². The summed E-state index contributed by atoms with van der Waals surface area (Å²) >= 11 is 3.08. The third-order valence-electron chi connectivity index (χ3n) is 5.82. The van der Waals surface area contributed by atoms with Crippen molar-refractivity contribution in [2.75, 3.05) is 0 Å². The van der Waals surface area contributed by atoms with E-state index in [9.17, 15) is 0 Å². The van der Waals surface area contributed by atoms with E-state index < -0.39 is 31.2 Å². The third-order valence-corrected chi connectivity index (χ3v) is 15.8. The van der Waals surface area contributed by atoms with Crippen LogP contribution in [0.3, 0.4) is 0 Å². The van der Waals surface area contributed by atoms with Crippen molar-refractivity contribution in [1.29, 1.82) is 0 Å². The van der Waals surface area contributed by atoms with Gasteiger partial charge in [-0.25, -0.2) is 0 Å². The van der Waals surface area contributed by atoms with Crippen molar-refractivity contribution in [1.82, 2.24) is 0 Å². The van der Waals surface area contributed by atoms with Crippen molar-refractivity contribution in [3.63, 3.8) is 0 Å². The molecule has 0 aromatic heterocycles. The first-order valence-corrected chi connectivity index (χ1v) is 14.0. The molecule has 3 aromatic carbocycles. The zero-order chi connectivity index (χ0) is 18.0. The Balaban J connectivity index is 0.00000102. The predicted octanol–water partition coefficient (Wildman–Crippen LogP) is -0.0664. The predicted molar refractivity (Wildman–Crippen MR) is 116 cm³/mol. The summed E-state index contributed by atoms with van der Waals surface area (Å²) in [6.45, 7) is 0. The molecule has 0 N–H and O–H groups in total. The third kappa shape index (κ3) is 3.14. The molecule has 1 heterocycles. The maximum atomic E-state index is 3.94. The Hall–Kier alpha value is -0.487. The summed E-state index contributed by atoms with van der Waals surface area (Å²) in [5, 5.41) is 3.08. The fraction of sp³-hybridized carbons (Fsp3) is 0.0833. The molecule has 3 unspecified atom stereocenters. The number of rotatable bonds is 1. The Morgan fingerprint density at radius 2 is 1.66 bits per heavy atom. The molecule has 0 saturated carbocycles. The van der Waals surface area contributed by atoms with Crippen LogP contribution in [0.2, 0.25) is 0 Å². The maximum Gasteiger partial charge on any atom is -1.00 e. The molecule has 0 nitrogen and oxygen atoms in total. The molecule has 3 aromatic rings. The normalized spacial score (nSPS) is 24.0. The van der Waals surface area contributed by atoms with Gasteiger partial charge in [-0.3, -0.25) is 0 Å². The van der Waals surface area contributed by atoms with Crippen LogP contribution in [0, 0.1) is 0 Å². The Morgan fingerprint density at radius 3 is 2.48 bits per heavy atom. The minimum absolute atomic E-state index is 0. The first-order valence-electron chi connectivity index (χ1n) is 9.20. The fourth-order valence-corrected chi connectivity index (χ4v) is 16.8. The van der Waals surface area contributed by atoms with Gasteiger partial charge < -0.3 is 24.8 Å². The van der Waals surface area contributed by atoms with Gasteiger partial charge in [-0.05, 0) is 0 Å². The number of halogens is 3. The van der Waals surface area contributed by atoms with Crippen LogP contribution in [0.4, 0.5) is 0 Å². The molecule has 4 bridgehead atoms. The van der Waals surface area contributed by atoms with E-state index >= 15 is 0 Å². The molecule has 5 heteroatoms. The topological polar surface area (TPSA) is 0 Å². The monoisotopic (exact) mass is 574 g/mol. The van der Waals surface area contributed by atoms with Gasteiger partial charge in [-0.2, -0.15) is 0 Å². The molecule has 0 radical (unpaired) electrons. The van der Waals surface area contributed by atoms with Crippen LogP contribution >= 0.6 is 23.9 Å². The van der Waals surface area contributed by atoms with E-state index in [0.717, 1.165) is 0 Å². The van der Waals surface area contributed by atoms with E-state index in [1.807, 2.05) is 0 Å². The number of allylic oxidation sites excluding steroid dienone is 2. The van der Waals surface area contributed by atoms with Crippen molar-refractivity contribution >= 4 is 46.6 Å². The number of hydrogen-bond acceptors (Lipinski definition) is 0. The summed E-state index contributed by atoms with van der Waals surface area (Å²) in [6.07, 6.45) is 9.91. The zero-order valence-electron chi connectivity index (χ0n) is 15.3. The van der Waals surface area contributed by atoms with Crippen LogP contribution < -0.4 is 35.4 Å². The van der Waals surface area contributed by atoms with Gasteiger partial charge in [0.05, 0.1) is 0 Å². The second-order valence-electron chi connectivity index (χ2n) is 7.24. The fourth-order valence-electron chi connectivity index (χ4n) is 4.73. The molecule has 0 amide bonds. The molecule has 1 aliphatic heterocycles. The molecule has 3 atom stereocenters. The van der Waals surface area contributed by atoms with Gasteiger partial charge in [0.1, 0.15) is 0 Å². The Kier molecular flexibility index (Phi) is 6.16. The molecule has 29 heavy (non-hydrogen) atoms. The van der Waals surface area contributed by atoms with Gasteiger partial charge in [0, 0.05) is 0 Å². The zero-order valence-corrected chi connectivity index (χ0v) is 21.8. The van der Waals surface area contributed by atoms with E-state index in [0.29, 0.717) is 3.63 Å². The molecule has 2 aliphatic carbocycles. The summed E-state index contributed by atoms with van der Waals surface area (Å²) < 4.78 is 2.16. The van der Waals surface area contributed by atoms with Crippen molar-refractivity contribution < 1.29 is 48.0 Å². The molecular formula is C24H16BrCl2PZr. The number of fused-ring (bicyclic) bond motifs is 2. The van der Waals surface area contributed by atoms with Gasteiger partial charge in [-0.15, -0.1) is 0 Å². The van der Waals surface area contributed by atoms with Gasteiger partial charge in [0.2, 0.25) is 0 Å². The largest absolute Gasteiger partial charge is 1.00 e. The number of benzene rings is 3. The second kappa shape index (κ2) is 8.22. The minimum atomic E-state index is -0.863. The van der Waals surface area contributed by atoms with Crippen LogP contribution in [0.5, 0.6) is 0 Å². The van der Waals surface area contributed by atoms with Crippen molar-refractivity contribution in [3.8, 4) is 0 Å². The van der Waals surface area contributed by atoms with Crippen molar-refractivity contribution in [2.45, 2.75) is 6.49 Å². The van der Waals surface area contributed by atoms with E-state index in [1.54, 1.807) is 16.4 Å². The smallest absolute Gasteiger partial charge is 1.00 e. The molecular weight excluding hydrogens is 561 g/mol. The average Bonchev–Trinajstić information content (AvgIpc) is 3.25. The summed E-state index contributed by atoms with van der Waals surface area (Å²) in [5.41, 5.74) is 6.08. The van der Waals surface area contributed by atoms with E-state index in [-0.39, 0.29) is 27.7 Å². The van der Waals surface area contributed by atoms with Crippen LogP contribution in [0.15, 0.2) is 83.4 Å². The summed E-state index contributed by atoms with van der Waals surface area (Å²) in [5.74, 6) is 0. The standard InChI is InChI=1S/C24H16BrP.2ClH.Zr/c25-21-13-5-9-18-15-16-23(24(18)21)26(19-10-2-1-3-11-19)22-14-6-8-17-7-4-12-20(17)22;;;/h1-16H;2*1H;/q;;;+2/p-2. The van der Waals surface area contributed by atoms with Crippen LogP contribution in [0.1, 0.15) is 25.9 Å². The van der Waals surface area contributed by atoms with E-state index in [2.05, 4.69) is 107 Å². The summed E-state index contributed by atoms with van der Waals surface area (Å²) in [6, 6.07) is 25.1. The molecule has 3 aliphatic rings. The maximum absolute atomic E-state index is 3.94. The SMILES string of the molecule is Brc1cccc2c1[C]1(C=C2)[Zr+2][CH]2C=Cc3c2cccc3P1c1ccccc1.[Cl-].[Cl-].